The van der Waals surface area contributed by atoms with Crippen LogP contribution in [0.3, 0.4) is 0 Å². The third kappa shape index (κ3) is 5.42. The number of hydrogen-bond donors (Lipinski definition) is 0. The molecule has 13 rings (SSSR count). The van der Waals surface area contributed by atoms with Crippen molar-refractivity contribution in [1.82, 2.24) is 4.57 Å². The number of hydrogen-bond acceptors (Lipinski definition) is 1. The normalized spacial score (nSPS) is 13.8. The minimum atomic E-state index is -0.458. The number of anilines is 3. The minimum Gasteiger partial charge on any atom is -0.310 e. The van der Waals surface area contributed by atoms with Crippen LogP contribution in [0.4, 0.5) is 17.1 Å². The summed E-state index contributed by atoms with van der Waals surface area (Å²) in [6.45, 7) is 4.77. The van der Waals surface area contributed by atoms with Gasteiger partial charge in [-0.05, 0) is 115 Å². The molecule has 0 fully saturated rings. The molecule has 66 heavy (non-hydrogen) atoms. The molecular formula is C64H46N2. The molecule has 0 radical (unpaired) electrons. The molecule has 0 unspecified atom stereocenters. The van der Waals surface area contributed by atoms with Crippen LogP contribution in [0.1, 0.15) is 47.2 Å². The third-order valence-corrected chi connectivity index (χ3v) is 14.6. The Bertz CT molecular complexity index is 3620. The van der Waals surface area contributed by atoms with Gasteiger partial charge in [-0.25, -0.2) is 0 Å². The zero-order chi connectivity index (χ0) is 44.0. The van der Waals surface area contributed by atoms with Gasteiger partial charge in [-0.3, -0.25) is 0 Å². The number of benzene rings is 10. The summed E-state index contributed by atoms with van der Waals surface area (Å²) in [5, 5.41) is 2.48. The van der Waals surface area contributed by atoms with Crippen LogP contribution in [0, 0.1) is 0 Å². The van der Waals surface area contributed by atoms with E-state index in [4.69, 9.17) is 0 Å². The van der Waals surface area contributed by atoms with E-state index in [1.54, 1.807) is 0 Å². The molecule has 0 bridgehead atoms. The fourth-order valence-corrected chi connectivity index (χ4v) is 11.9. The van der Waals surface area contributed by atoms with Gasteiger partial charge in [0.1, 0.15) is 0 Å². The number of para-hydroxylation sites is 2. The molecule has 1 heterocycles. The van der Waals surface area contributed by atoms with E-state index in [1.807, 2.05) is 0 Å². The van der Waals surface area contributed by atoms with Gasteiger partial charge in [0, 0.05) is 33.2 Å². The van der Waals surface area contributed by atoms with Crippen molar-refractivity contribution in [3.8, 4) is 39.1 Å². The Labute approximate surface area is 386 Å². The van der Waals surface area contributed by atoms with Crippen LogP contribution in [0.25, 0.3) is 60.9 Å². The molecule has 312 valence electrons. The summed E-state index contributed by atoms with van der Waals surface area (Å²) in [6, 6.07) is 89.9. The van der Waals surface area contributed by atoms with Gasteiger partial charge in [0.05, 0.1) is 22.1 Å². The Morgan fingerprint density at radius 3 is 1.67 bits per heavy atom. The summed E-state index contributed by atoms with van der Waals surface area (Å²) in [6.07, 6.45) is 0. The molecule has 0 spiro atoms. The first-order valence-corrected chi connectivity index (χ1v) is 23.1. The van der Waals surface area contributed by atoms with Gasteiger partial charge in [0.15, 0.2) is 0 Å². The van der Waals surface area contributed by atoms with E-state index < -0.39 is 5.41 Å². The standard InChI is InChI=1S/C64H46N2/c1-63(2)55-31-15-12-26-50(55)53-30-19-35-59(62(53)63)65(48-40-41-52-51-27-14-17-34-58(51)66(60(52)42-48)46-24-10-5-11-25-46)47-38-36-43(37-39-47)49-29-18-33-57-61(49)54-28-13-16-32-56(54)64(57,44-20-6-3-7-21-44)45-22-8-4-9-23-45/h3-42H,1-2H3. The van der Waals surface area contributed by atoms with Gasteiger partial charge in [0.2, 0.25) is 0 Å². The van der Waals surface area contributed by atoms with Crippen molar-refractivity contribution in [2.45, 2.75) is 24.7 Å². The van der Waals surface area contributed by atoms with Crippen LogP contribution >= 0.6 is 0 Å². The number of rotatable bonds is 7. The molecule has 2 aliphatic rings. The number of fused-ring (bicyclic) bond motifs is 9. The highest BCUT2D eigenvalue weighted by molar-refractivity contribution is 6.10. The maximum atomic E-state index is 2.50. The average Bonchev–Trinajstić information content (AvgIpc) is 3.96. The summed E-state index contributed by atoms with van der Waals surface area (Å²) >= 11 is 0. The van der Waals surface area contributed by atoms with E-state index in [0.717, 1.165) is 17.1 Å². The SMILES string of the molecule is CC1(C)c2ccccc2-c2cccc(N(c3ccc(-c4cccc5c4-c4ccccc4C5(c4ccccc4)c4ccccc4)cc3)c3ccc4c5ccccc5n(-c5ccccc5)c4c3)c21. The Hall–Kier alpha value is -8.20. The predicted octanol–water partition coefficient (Wildman–Crippen LogP) is 16.6. The lowest BCUT2D eigenvalue weighted by molar-refractivity contribution is 0.661. The molecule has 11 aromatic rings. The second kappa shape index (κ2) is 14.7. The lowest BCUT2D eigenvalue weighted by Crippen LogP contribution is -2.28. The van der Waals surface area contributed by atoms with Crippen molar-refractivity contribution < 1.29 is 0 Å². The Morgan fingerprint density at radius 2 is 0.924 bits per heavy atom. The molecular weight excluding hydrogens is 797 g/mol. The van der Waals surface area contributed by atoms with E-state index in [2.05, 4.69) is 266 Å². The zero-order valence-electron chi connectivity index (χ0n) is 37.0. The molecule has 0 aliphatic heterocycles. The van der Waals surface area contributed by atoms with Crippen LogP contribution in [-0.4, -0.2) is 4.57 Å². The molecule has 2 aliphatic carbocycles. The molecule has 0 saturated carbocycles. The summed E-state index contributed by atoms with van der Waals surface area (Å²) in [4.78, 5) is 2.50. The quantitative estimate of drug-likeness (QED) is 0.155. The highest BCUT2D eigenvalue weighted by Gasteiger charge is 2.47. The third-order valence-electron chi connectivity index (χ3n) is 14.6. The summed E-state index contributed by atoms with van der Waals surface area (Å²) < 4.78 is 2.42. The molecule has 0 amide bonds. The van der Waals surface area contributed by atoms with E-state index in [0.29, 0.717) is 0 Å². The summed E-state index contributed by atoms with van der Waals surface area (Å²) in [7, 11) is 0. The highest BCUT2D eigenvalue weighted by atomic mass is 15.1. The largest absolute Gasteiger partial charge is 0.310 e. The van der Waals surface area contributed by atoms with Gasteiger partial charge in [-0.15, -0.1) is 0 Å². The van der Waals surface area contributed by atoms with Crippen molar-refractivity contribution in [3.05, 3.63) is 276 Å². The predicted molar refractivity (Wildman–Crippen MR) is 276 cm³/mol. The molecule has 2 nitrogen and oxygen atoms in total. The van der Waals surface area contributed by atoms with Gasteiger partial charge < -0.3 is 9.47 Å². The van der Waals surface area contributed by atoms with E-state index in [-0.39, 0.29) is 5.41 Å². The Kier molecular flexibility index (Phi) is 8.51. The van der Waals surface area contributed by atoms with Crippen LogP contribution < -0.4 is 4.90 Å². The van der Waals surface area contributed by atoms with E-state index in [1.165, 1.54) is 94.3 Å². The molecule has 1 aromatic heterocycles. The summed E-state index contributed by atoms with van der Waals surface area (Å²) in [5.41, 5.74) is 21.8. The van der Waals surface area contributed by atoms with Crippen molar-refractivity contribution in [3.63, 3.8) is 0 Å². The van der Waals surface area contributed by atoms with E-state index >= 15 is 0 Å². The van der Waals surface area contributed by atoms with Crippen molar-refractivity contribution in [2.24, 2.45) is 0 Å². The highest BCUT2D eigenvalue weighted by Crippen LogP contribution is 2.59. The topological polar surface area (TPSA) is 8.17 Å². The Morgan fingerprint density at radius 1 is 0.379 bits per heavy atom. The van der Waals surface area contributed by atoms with Crippen molar-refractivity contribution in [1.29, 1.82) is 0 Å². The lowest BCUT2D eigenvalue weighted by atomic mass is 9.67. The molecule has 2 heteroatoms. The van der Waals surface area contributed by atoms with Gasteiger partial charge in [-0.1, -0.05) is 208 Å². The molecule has 0 saturated heterocycles. The van der Waals surface area contributed by atoms with Crippen molar-refractivity contribution >= 4 is 38.9 Å². The monoisotopic (exact) mass is 842 g/mol. The first-order valence-electron chi connectivity index (χ1n) is 23.1. The molecule has 10 aromatic carbocycles. The van der Waals surface area contributed by atoms with Crippen LogP contribution in [-0.2, 0) is 10.8 Å². The number of nitrogens with zero attached hydrogens (tertiary/aromatic N) is 2. The maximum Gasteiger partial charge on any atom is 0.0713 e. The van der Waals surface area contributed by atoms with Crippen LogP contribution in [0.2, 0.25) is 0 Å². The smallest absolute Gasteiger partial charge is 0.0713 e. The lowest BCUT2D eigenvalue weighted by Gasteiger charge is -2.34. The second-order valence-electron chi connectivity index (χ2n) is 18.4. The minimum absolute atomic E-state index is 0.217. The zero-order valence-corrected chi connectivity index (χ0v) is 37.0. The van der Waals surface area contributed by atoms with Crippen LogP contribution in [0.5, 0.6) is 0 Å². The Balaban J connectivity index is 1.02. The van der Waals surface area contributed by atoms with Gasteiger partial charge in [0.25, 0.3) is 0 Å². The van der Waals surface area contributed by atoms with Gasteiger partial charge >= 0.3 is 0 Å². The maximum absolute atomic E-state index is 2.50. The first kappa shape index (κ1) is 38.3. The number of aromatic nitrogens is 1. The fourth-order valence-electron chi connectivity index (χ4n) is 11.9. The molecule has 0 N–H and O–H groups in total. The van der Waals surface area contributed by atoms with E-state index in [9.17, 15) is 0 Å². The summed E-state index contributed by atoms with van der Waals surface area (Å²) in [5.74, 6) is 0. The van der Waals surface area contributed by atoms with Gasteiger partial charge in [-0.2, -0.15) is 0 Å². The average molecular weight is 843 g/mol. The van der Waals surface area contributed by atoms with Crippen LogP contribution in [0.15, 0.2) is 243 Å². The second-order valence-corrected chi connectivity index (χ2v) is 18.4. The first-order chi connectivity index (χ1) is 32.5. The molecule has 0 atom stereocenters. The van der Waals surface area contributed by atoms with Crippen molar-refractivity contribution in [2.75, 3.05) is 4.90 Å². The fraction of sp³-hybridized carbons (Fsp3) is 0.0625.